The van der Waals surface area contributed by atoms with Gasteiger partial charge in [0.15, 0.2) is 0 Å². The van der Waals surface area contributed by atoms with Crippen LogP contribution in [0.3, 0.4) is 0 Å². The Morgan fingerprint density at radius 2 is 2.29 bits per heavy atom. The molecule has 1 aliphatic heterocycles. The molecule has 0 atom stereocenters. The van der Waals surface area contributed by atoms with Gasteiger partial charge in [-0.2, -0.15) is 11.3 Å². The fourth-order valence-electron chi connectivity index (χ4n) is 2.24. The minimum atomic E-state index is 0.352. The van der Waals surface area contributed by atoms with E-state index in [0.717, 1.165) is 26.1 Å². The number of carbonyl (C=O) groups excluding carboxylic acids is 1. The lowest BCUT2D eigenvalue weighted by molar-refractivity contribution is -0.133. The van der Waals surface area contributed by atoms with Crippen LogP contribution in [0.15, 0.2) is 16.8 Å². The van der Waals surface area contributed by atoms with Gasteiger partial charge in [0, 0.05) is 19.0 Å². The van der Waals surface area contributed by atoms with Gasteiger partial charge in [-0.3, -0.25) is 4.79 Å². The Morgan fingerprint density at radius 1 is 1.47 bits per heavy atom. The first-order valence-electron chi connectivity index (χ1n) is 6.34. The number of carbonyl (C=O) groups is 1. The third-order valence-corrected chi connectivity index (χ3v) is 4.30. The normalized spacial score (nSPS) is 20.0. The summed E-state index contributed by atoms with van der Waals surface area (Å²) in [7, 11) is 0. The largest absolute Gasteiger partial charge is 0.335 e. The summed E-state index contributed by atoms with van der Waals surface area (Å²) in [6.07, 6.45) is 3.12. The van der Waals surface area contributed by atoms with Crippen LogP contribution < -0.4 is 5.32 Å². The van der Waals surface area contributed by atoms with Crippen molar-refractivity contribution in [2.45, 2.75) is 31.8 Å². The Balaban J connectivity index is 1.60. The highest BCUT2D eigenvalue weighted by molar-refractivity contribution is 7.07. The van der Waals surface area contributed by atoms with Crippen LogP contribution in [0.1, 0.15) is 24.8 Å². The first kappa shape index (κ1) is 11.2. The van der Waals surface area contributed by atoms with E-state index >= 15 is 0 Å². The van der Waals surface area contributed by atoms with Crippen LogP contribution in [0.5, 0.6) is 0 Å². The van der Waals surface area contributed by atoms with Crippen molar-refractivity contribution in [2.24, 2.45) is 5.92 Å². The van der Waals surface area contributed by atoms with Gasteiger partial charge in [0.05, 0.1) is 0 Å². The second-order valence-electron chi connectivity index (χ2n) is 5.11. The van der Waals surface area contributed by atoms with Gasteiger partial charge >= 0.3 is 0 Å². The summed E-state index contributed by atoms with van der Waals surface area (Å²) in [5.41, 5.74) is 1.28. The van der Waals surface area contributed by atoms with E-state index in [-0.39, 0.29) is 0 Å². The molecule has 1 saturated carbocycles. The van der Waals surface area contributed by atoms with Crippen molar-refractivity contribution in [2.75, 3.05) is 13.1 Å². The summed E-state index contributed by atoms with van der Waals surface area (Å²) < 4.78 is 0. The summed E-state index contributed by atoms with van der Waals surface area (Å²) in [5, 5.41) is 7.46. The molecule has 2 aliphatic rings. The molecule has 0 bridgehead atoms. The predicted octanol–water partition coefficient (Wildman–Crippen LogP) is 1.85. The maximum Gasteiger partial charge on any atom is 0.223 e. The van der Waals surface area contributed by atoms with E-state index in [1.54, 1.807) is 11.3 Å². The van der Waals surface area contributed by atoms with Crippen molar-refractivity contribution in [3.8, 4) is 0 Å². The van der Waals surface area contributed by atoms with Crippen LogP contribution in [0, 0.1) is 5.92 Å². The third kappa shape index (κ3) is 2.69. The van der Waals surface area contributed by atoms with Crippen LogP contribution in [-0.4, -0.2) is 29.9 Å². The molecule has 0 unspecified atom stereocenters. The molecule has 4 heteroatoms. The predicted molar refractivity (Wildman–Crippen MR) is 68.9 cm³/mol. The van der Waals surface area contributed by atoms with Crippen LogP contribution in [0.2, 0.25) is 0 Å². The fourth-order valence-corrected chi connectivity index (χ4v) is 2.90. The zero-order valence-electron chi connectivity index (χ0n) is 9.89. The second-order valence-corrected chi connectivity index (χ2v) is 5.89. The Labute approximate surface area is 106 Å². The molecule has 1 saturated heterocycles. The molecule has 1 aromatic rings. The van der Waals surface area contributed by atoms with Crippen molar-refractivity contribution < 1.29 is 4.79 Å². The molecule has 2 fully saturated rings. The van der Waals surface area contributed by atoms with Crippen molar-refractivity contribution in [3.63, 3.8) is 0 Å². The van der Waals surface area contributed by atoms with Crippen molar-refractivity contribution in [3.05, 3.63) is 22.4 Å². The monoisotopic (exact) mass is 250 g/mol. The third-order valence-electron chi connectivity index (χ3n) is 3.57. The highest BCUT2D eigenvalue weighted by Crippen LogP contribution is 2.30. The maximum absolute atomic E-state index is 12.3. The van der Waals surface area contributed by atoms with E-state index in [0.29, 0.717) is 17.9 Å². The molecule has 1 aliphatic carbocycles. The molecule has 3 rings (SSSR count). The Kier molecular flexibility index (Phi) is 3.16. The number of hydrogen-bond acceptors (Lipinski definition) is 3. The van der Waals surface area contributed by atoms with Gasteiger partial charge in [-0.1, -0.05) is 0 Å². The zero-order valence-corrected chi connectivity index (χ0v) is 10.7. The lowest BCUT2D eigenvalue weighted by atomic mass is 9.98. The molecule has 0 aromatic carbocycles. The molecule has 1 aromatic heterocycles. The van der Waals surface area contributed by atoms with Gasteiger partial charge in [-0.05, 0) is 54.2 Å². The summed E-state index contributed by atoms with van der Waals surface area (Å²) in [4.78, 5) is 14.4. The average Bonchev–Trinajstić information content (AvgIpc) is 2.98. The second kappa shape index (κ2) is 4.78. The fraction of sp³-hybridized carbons (Fsp3) is 0.615. The maximum atomic E-state index is 12.3. The number of rotatable bonds is 5. The van der Waals surface area contributed by atoms with Crippen LogP contribution in [0.4, 0.5) is 0 Å². The smallest absolute Gasteiger partial charge is 0.223 e. The molecule has 1 N–H and O–H groups in total. The first-order chi connectivity index (χ1) is 8.33. The summed E-state index contributed by atoms with van der Waals surface area (Å²) in [6.45, 7) is 2.85. The topological polar surface area (TPSA) is 32.3 Å². The number of thiophene rings is 1. The van der Waals surface area contributed by atoms with Gasteiger partial charge in [0.2, 0.25) is 5.91 Å². The Morgan fingerprint density at radius 3 is 2.82 bits per heavy atom. The molecule has 92 valence electrons. The molecule has 0 spiro atoms. The zero-order chi connectivity index (χ0) is 11.7. The number of nitrogens with zero attached hydrogens (tertiary/aromatic N) is 1. The van der Waals surface area contributed by atoms with Gasteiger partial charge in [-0.25, -0.2) is 0 Å². The van der Waals surface area contributed by atoms with E-state index in [1.807, 2.05) is 0 Å². The van der Waals surface area contributed by atoms with Crippen LogP contribution in [-0.2, 0) is 11.3 Å². The van der Waals surface area contributed by atoms with Crippen LogP contribution >= 0.6 is 11.3 Å². The molecular formula is C13H18N2OS. The summed E-state index contributed by atoms with van der Waals surface area (Å²) in [6, 6.07) is 2.65. The van der Waals surface area contributed by atoms with E-state index in [2.05, 4.69) is 27.0 Å². The molecule has 17 heavy (non-hydrogen) atoms. The van der Waals surface area contributed by atoms with Crippen molar-refractivity contribution in [1.29, 1.82) is 0 Å². The Hall–Kier alpha value is -0.870. The quantitative estimate of drug-likeness (QED) is 0.865. The minimum Gasteiger partial charge on any atom is -0.335 e. The summed E-state index contributed by atoms with van der Waals surface area (Å²) in [5.74, 6) is 0.927. The van der Waals surface area contributed by atoms with Gasteiger partial charge in [-0.15, -0.1) is 0 Å². The number of hydrogen-bond donors (Lipinski definition) is 1. The number of amides is 1. The van der Waals surface area contributed by atoms with Crippen LogP contribution in [0.25, 0.3) is 0 Å². The van der Waals surface area contributed by atoms with Crippen molar-refractivity contribution >= 4 is 17.2 Å². The minimum absolute atomic E-state index is 0.352. The molecule has 3 nitrogen and oxygen atoms in total. The average molecular weight is 250 g/mol. The SMILES string of the molecule is O=C(CC1CNC1)N(Cc1ccsc1)C1CC1. The Bertz CT molecular complexity index is 382. The van der Waals surface area contributed by atoms with E-state index < -0.39 is 0 Å². The van der Waals surface area contributed by atoms with Gasteiger partial charge in [0.25, 0.3) is 0 Å². The van der Waals surface area contributed by atoms with Gasteiger partial charge < -0.3 is 10.2 Å². The standard InChI is InChI=1S/C13H18N2OS/c16-13(5-11-6-14-7-11)15(12-1-2-12)8-10-3-4-17-9-10/h3-4,9,11-12,14H,1-2,5-8H2. The molecule has 1 amide bonds. The molecule has 2 heterocycles. The molecule has 0 radical (unpaired) electrons. The lowest BCUT2D eigenvalue weighted by Gasteiger charge is -2.30. The lowest BCUT2D eigenvalue weighted by Crippen LogP contribution is -2.45. The van der Waals surface area contributed by atoms with E-state index in [1.165, 1.54) is 18.4 Å². The highest BCUT2D eigenvalue weighted by atomic mass is 32.1. The van der Waals surface area contributed by atoms with E-state index in [4.69, 9.17) is 0 Å². The summed E-state index contributed by atoms with van der Waals surface area (Å²) >= 11 is 1.71. The number of nitrogens with one attached hydrogen (secondary N) is 1. The van der Waals surface area contributed by atoms with Crippen molar-refractivity contribution in [1.82, 2.24) is 10.2 Å². The van der Waals surface area contributed by atoms with Gasteiger partial charge in [0.1, 0.15) is 0 Å². The highest BCUT2D eigenvalue weighted by Gasteiger charge is 2.34. The van der Waals surface area contributed by atoms with E-state index in [9.17, 15) is 4.79 Å². The molecular weight excluding hydrogens is 232 g/mol. The first-order valence-corrected chi connectivity index (χ1v) is 7.28.